The summed E-state index contributed by atoms with van der Waals surface area (Å²) in [6.45, 7) is 2.09. The Morgan fingerprint density at radius 2 is 1.52 bits per heavy atom. The Morgan fingerprint density at radius 3 is 2.20 bits per heavy atom. The molecule has 4 rings (SSSR count). The van der Waals surface area contributed by atoms with Crippen LogP contribution >= 0.6 is 0 Å². The average molecular weight is 345 g/mol. The van der Waals surface area contributed by atoms with Crippen LogP contribution in [0.4, 0.5) is 13.2 Å². The lowest BCUT2D eigenvalue weighted by Gasteiger charge is -2.33. The molecule has 4 heteroatoms. The normalized spacial score (nSPS) is 19.2. The van der Waals surface area contributed by atoms with Crippen molar-refractivity contribution in [3.05, 3.63) is 59.2 Å². The number of hydrogen-bond donors (Lipinski definition) is 0. The van der Waals surface area contributed by atoms with Crippen molar-refractivity contribution in [2.75, 3.05) is 6.54 Å². The molecule has 1 aliphatic heterocycles. The SMILES string of the molecule is FC(F)(F)c1ccc(-c2ccc3c(c2)CN(C2CCCC2)CC3)cc1. The van der Waals surface area contributed by atoms with Crippen molar-refractivity contribution >= 4 is 0 Å². The first-order valence-electron chi connectivity index (χ1n) is 9.04. The van der Waals surface area contributed by atoms with Crippen LogP contribution in [0.3, 0.4) is 0 Å². The maximum atomic E-state index is 12.7. The minimum absolute atomic E-state index is 0.596. The van der Waals surface area contributed by atoms with Crippen molar-refractivity contribution in [2.24, 2.45) is 0 Å². The standard InChI is InChI=1S/C21H22F3N/c22-21(23,24)19-9-7-15(8-10-19)17-6-5-16-11-12-25(14-18(16)13-17)20-3-1-2-4-20/h5-10,13,20H,1-4,11-12,14H2. The molecule has 0 radical (unpaired) electrons. The molecule has 0 bridgehead atoms. The van der Waals surface area contributed by atoms with Crippen LogP contribution in [0.5, 0.6) is 0 Å². The first-order valence-corrected chi connectivity index (χ1v) is 9.04. The molecule has 0 saturated heterocycles. The van der Waals surface area contributed by atoms with Gasteiger partial charge in [0.2, 0.25) is 0 Å². The van der Waals surface area contributed by atoms with Gasteiger partial charge in [0.25, 0.3) is 0 Å². The van der Waals surface area contributed by atoms with Crippen molar-refractivity contribution in [3.63, 3.8) is 0 Å². The highest BCUT2D eigenvalue weighted by Gasteiger charge is 2.30. The lowest BCUT2D eigenvalue weighted by atomic mass is 9.93. The molecule has 132 valence electrons. The molecule has 1 aliphatic carbocycles. The third-order valence-electron chi connectivity index (χ3n) is 5.63. The van der Waals surface area contributed by atoms with E-state index in [1.54, 1.807) is 12.1 Å². The van der Waals surface area contributed by atoms with Gasteiger partial charge in [-0.05, 0) is 59.7 Å². The summed E-state index contributed by atoms with van der Waals surface area (Å²) in [6.07, 6.45) is 2.05. The fourth-order valence-electron chi connectivity index (χ4n) is 4.19. The highest BCUT2D eigenvalue weighted by Crippen LogP contribution is 2.33. The Morgan fingerprint density at radius 1 is 0.840 bits per heavy atom. The third-order valence-corrected chi connectivity index (χ3v) is 5.63. The molecule has 1 saturated carbocycles. The number of alkyl halides is 3. The van der Waals surface area contributed by atoms with Gasteiger partial charge >= 0.3 is 6.18 Å². The largest absolute Gasteiger partial charge is 0.416 e. The lowest BCUT2D eigenvalue weighted by molar-refractivity contribution is -0.137. The Labute approximate surface area is 146 Å². The van der Waals surface area contributed by atoms with Gasteiger partial charge in [0, 0.05) is 19.1 Å². The van der Waals surface area contributed by atoms with Crippen LogP contribution in [0, 0.1) is 0 Å². The van der Waals surface area contributed by atoms with Crippen LogP contribution in [0.2, 0.25) is 0 Å². The summed E-state index contributed by atoms with van der Waals surface area (Å²) in [4.78, 5) is 2.59. The quantitative estimate of drug-likeness (QED) is 0.677. The Balaban J connectivity index is 1.57. The summed E-state index contributed by atoms with van der Waals surface area (Å²) in [5, 5.41) is 0. The minimum Gasteiger partial charge on any atom is -0.296 e. The molecule has 1 fully saturated rings. The van der Waals surface area contributed by atoms with Gasteiger partial charge in [0.1, 0.15) is 0 Å². The van der Waals surface area contributed by atoms with Crippen LogP contribution in [0.25, 0.3) is 11.1 Å². The second-order valence-electron chi connectivity index (χ2n) is 7.22. The summed E-state index contributed by atoms with van der Waals surface area (Å²) in [5.74, 6) is 0. The van der Waals surface area contributed by atoms with Crippen LogP contribution in [-0.4, -0.2) is 17.5 Å². The molecule has 1 nitrogen and oxygen atoms in total. The van der Waals surface area contributed by atoms with Crippen molar-refractivity contribution in [3.8, 4) is 11.1 Å². The molecule has 0 N–H and O–H groups in total. The number of fused-ring (bicyclic) bond motifs is 1. The predicted molar refractivity (Wildman–Crippen MR) is 93.3 cm³/mol. The van der Waals surface area contributed by atoms with Crippen LogP contribution in [0.1, 0.15) is 42.4 Å². The number of nitrogens with zero attached hydrogens (tertiary/aromatic N) is 1. The first-order chi connectivity index (χ1) is 12.0. The summed E-state index contributed by atoms with van der Waals surface area (Å²) < 4.78 is 38.2. The molecular weight excluding hydrogens is 323 g/mol. The zero-order chi connectivity index (χ0) is 17.4. The highest BCUT2D eigenvalue weighted by atomic mass is 19.4. The fraction of sp³-hybridized carbons (Fsp3) is 0.429. The van der Waals surface area contributed by atoms with E-state index in [-0.39, 0.29) is 0 Å². The summed E-state index contributed by atoms with van der Waals surface area (Å²) in [6, 6.07) is 12.5. The maximum Gasteiger partial charge on any atom is 0.416 e. The predicted octanol–water partition coefficient (Wildman–Crippen LogP) is 5.67. The number of hydrogen-bond acceptors (Lipinski definition) is 1. The zero-order valence-electron chi connectivity index (χ0n) is 14.1. The Hall–Kier alpha value is -1.81. The average Bonchev–Trinajstić information content (AvgIpc) is 3.15. The number of rotatable bonds is 2. The monoisotopic (exact) mass is 345 g/mol. The van der Waals surface area contributed by atoms with E-state index in [4.69, 9.17) is 0 Å². The smallest absolute Gasteiger partial charge is 0.296 e. The lowest BCUT2D eigenvalue weighted by Crippen LogP contribution is -2.37. The van der Waals surface area contributed by atoms with Crippen molar-refractivity contribution < 1.29 is 13.2 Å². The van der Waals surface area contributed by atoms with Gasteiger partial charge in [-0.2, -0.15) is 13.2 Å². The molecule has 0 spiro atoms. The fourth-order valence-corrected chi connectivity index (χ4v) is 4.19. The van der Waals surface area contributed by atoms with Gasteiger partial charge in [-0.1, -0.05) is 37.1 Å². The van der Waals surface area contributed by atoms with Crippen molar-refractivity contribution in [1.29, 1.82) is 0 Å². The van der Waals surface area contributed by atoms with Gasteiger partial charge in [0.05, 0.1) is 5.56 Å². The number of halogens is 3. The van der Waals surface area contributed by atoms with E-state index in [0.717, 1.165) is 30.6 Å². The van der Waals surface area contributed by atoms with Gasteiger partial charge in [-0.3, -0.25) is 4.90 Å². The van der Waals surface area contributed by atoms with E-state index in [2.05, 4.69) is 17.0 Å². The Kier molecular flexibility index (Phi) is 4.32. The summed E-state index contributed by atoms with van der Waals surface area (Å²) >= 11 is 0. The van der Waals surface area contributed by atoms with E-state index in [0.29, 0.717) is 6.04 Å². The molecule has 2 aromatic rings. The first kappa shape index (κ1) is 16.6. The van der Waals surface area contributed by atoms with Crippen molar-refractivity contribution in [1.82, 2.24) is 4.90 Å². The summed E-state index contributed by atoms with van der Waals surface area (Å²) in [7, 11) is 0. The van der Waals surface area contributed by atoms with E-state index in [9.17, 15) is 13.2 Å². The highest BCUT2D eigenvalue weighted by molar-refractivity contribution is 5.65. The molecule has 0 aromatic heterocycles. The molecule has 2 aromatic carbocycles. The summed E-state index contributed by atoms with van der Waals surface area (Å²) in [5.41, 5.74) is 3.96. The zero-order valence-corrected chi connectivity index (χ0v) is 14.1. The third kappa shape index (κ3) is 3.45. The molecule has 0 atom stereocenters. The number of benzene rings is 2. The molecule has 2 aliphatic rings. The maximum absolute atomic E-state index is 12.7. The topological polar surface area (TPSA) is 3.24 Å². The van der Waals surface area contributed by atoms with Gasteiger partial charge < -0.3 is 0 Å². The van der Waals surface area contributed by atoms with E-state index < -0.39 is 11.7 Å². The van der Waals surface area contributed by atoms with Crippen molar-refractivity contribution in [2.45, 2.75) is 50.9 Å². The van der Waals surface area contributed by atoms with E-state index >= 15 is 0 Å². The molecule has 25 heavy (non-hydrogen) atoms. The van der Waals surface area contributed by atoms with Crippen LogP contribution < -0.4 is 0 Å². The van der Waals surface area contributed by atoms with Crippen LogP contribution in [-0.2, 0) is 19.1 Å². The second kappa shape index (κ2) is 6.49. The van der Waals surface area contributed by atoms with Gasteiger partial charge in [-0.25, -0.2) is 0 Å². The van der Waals surface area contributed by atoms with Gasteiger partial charge in [0.15, 0.2) is 0 Å². The minimum atomic E-state index is -4.28. The molecular formula is C21H22F3N. The van der Waals surface area contributed by atoms with E-state index in [1.807, 2.05) is 6.07 Å². The second-order valence-corrected chi connectivity index (χ2v) is 7.22. The van der Waals surface area contributed by atoms with Crippen LogP contribution in [0.15, 0.2) is 42.5 Å². The van der Waals surface area contributed by atoms with E-state index in [1.165, 1.54) is 48.9 Å². The Bertz CT molecular complexity index is 743. The molecule has 0 unspecified atom stereocenters. The van der Waals surface area contributed by atoms with Gasteiger partial charge in [-0.15, -0.1) is 0 Å². The molecule has 0 amide bonds. The molecule has 1 heterocycles.